The maximum Gasteiger partial charge on any atom is 0.408 e. The van der Waals surface area contributed by atoms with E-state index in [0.29, 0.717) is 24.9 Å². The van der Waals surface area contributed by atoms with E-state index >= 15 is 0 Å². The summed E-state index contributed by atoms with van der Waals surface area (Å²) in [5, 5.41) is 3.09. The highest BCUT2D eigenvalue weighted by Gasteiger charge is 2.42. The Labute approximate surface area is 190 Å². The largest absolute Gasteiger partial charge is 0.485 e. The van der Waals surface area contributed by atoms with E-state index in [1.54, 1.807) is 4.72 Å². The van der Waals surface area contributed by atoms with Crippen LogP contribution in [0.4, 0.5) is 17.6 Å². The highest BCUT2D eigenvalue weighted by Crippen LogP contribution is 2.33. The van der Waals surface area contributed by atoms with E-state index < -0.39 is 34.2 Å². The van der Waals surface area contributed by atoms with Gasteiger partial charge in [-0.1, -0.05) is 24.3 Å². The zero-order valence-corrected chi connectivity index (χ0v) is 18.9. The van der Waals surface area contributed by atoms with Crippen LogP contribution in [0.5, 0.6) is 5.75 Å². The Balaban J connectivity index is 0.00000512. The molecule has 2 rings (SSSR count). The average molecular weight is 502 g/mol. The van der Waals surface area contributed by atoms with Crippen molar-refractivity contribution < 1.29 is 35.5 Å². The third-order valence-electron chi connectivity index (χ3n) is 4.01. The Morgan fingerprint density at radius 3 is 2.34 bits per heavy atom. The van der Waals surface area contributed by atoms with Crippen LogP contribution in [0.2, 0.25) is 0 Å². The molecule has 7 nitrogen and oxygen atoms in total. The van der Waals surface area contributed by atoms with Crippen LogP contribution in [0.25, 0.3) is 0 Å². The predicted octanol–water partition coefficient (Wildman–Crippen LogP) is 2.98. The second-order valence-electron chi connectivity index (χ2n) is 6.77. The number of rotatable bonds is 11. The Morgan fingerprint density at radius 2 is 1.81 bits per heavy atom. The van der Waals surface area contributed by atoms with Crippen LogP contribution in [-0.4, -0.2) is 52.2 Å². The average Bonchev–Trinajstić information content (AvgIpc) is 2.65. The second-order valence-corrected chi connectivity index (χ2v) is 8.55. The van der Waals surface area contributed by atoms with Crippen LogP contribution in [0.15, 0.2) is 42.7 Å². The maximum absolute atomic E-state index is 13.2. The zero-order valence-electron chi connectivity index (χ0n) is 17.2. The van der Waals surface area contributed by atoms with Crippen LogP contribution in [0.1, 0.15) is 17.2 Å². The van der Waals surface area contributed by atoms with Crippen molar-refractivity contribution in [3.8, 4) is 5.75 Å². The van der Waals surface area contributed by atoms with Gasteiger partial charge < -0.3 is 14.8 Å². The lowest BCUT2D eigenvalue weighted by Crippen LogP contribution is -2.37. The summed E-state index contributed by atoms with van der Waals surface area (Å²) in [5.41, 5.74) is 0.452. The highest BCUT2D eigenvalue weighted by atomic mass is 35.5. The summed E-state index contributed by atoms with van der Waals surface area (Å²) in [7, 11) is -2.57. The molecule has 0 saturated heterocycles. The lowest BCUT2D eigenvalue weighted by Gasteiger charge is -2.21. The topological polar surface area (TPSA) is 89.6 Å². The lowest BCUT2D eigenvalue weighted by molar-refractivity contribution is -0.153. The van der Waals surface area contributed by atoms with Gasteiger partial charge in [0.2, 0.25) is 10.0 Å². The second kappa shape index (κ2) is 12.3. The molecule has 0 saturated carbocycles. The number of alkyl halides is 3. The molecule has 1 aromatic carbocycles. The van der Waals surface area contributed by atoms with Crippen molar-refractivity contribution in [1.82, 2.24) is 15.0 Å². The molecule has 180 valence electrons. The molecule has 0 fully saturated rings. The number of hydrogen-bond donors (Lipinski definition) is 2. The summed E-state index contributed by atoms with van der Waals surface area (Å²) < 4.78 is 87.7. The summed E-state index contributed by atoms with van der Waals surface area (Å²) in [5.74, 6) is -0.297. The Morgan fingerprint density at radius 1 is 1.16 bits per heavy atom. The quantitative estimate of drug-likeness (QED) is 0.460. The van der Waals surface area contributed by atoms with Gasteiger partial charge in [0.25, 0.3) is 0 Å². The summed E-state index contributed by atoms with van der Waals surface area (Å²) in [6.45, 7) is 0.835. The van der Waals surface area contributed by atoms with Crippen molar-refractivity contribution in [3.63, 3.8) is 0 Å². The molecular formula is C19H24ClF4N3O4S. The molecular weight excluding hydrogens is 478 g/mol. The van der Waals surface area contributed by atoms with Gasteiger partial charge in [-0.15, -0.1) is 12.4 Å². The van der Waals surface area contributed by atoms with Crippen molar-refractivity contribution in [3.05, 3.63) is 59.7 Å². The molecule has 13 heteroatoms. The maximum atomic E-state index is 13.2. The minimum atomic E-state index is -4.78. The number of sulfonamides is 1. The van der Waals surface area contributed by atoms with E-state index in [1.807, 2.05) is 0 Å². The zero-order chi connectivity index (χ0) is 23.1. The van der Waals surface area contributed by atoms with E-state index in [1.165, 1.54) is 43.6 Å². The van der Waals surface area contributed by atoms with Crippen molar-refractivity contribution >= 4 is 22.4 Å². The minimum Gasteiger partial charge on any atom is -0.485 e. The van der Waals surface area contributed by atoms with Gasteiger partial charge >= 0.3 is 6.18 Å². The fourth-order valence-electron chi connectivity index (χ4n) is 2.71. The van der Waals surface area contributed by atoms with Crippen molar-refractivity contribution in [1.29, 1.82) is 0 Å². The summed E-state index contributed by atoms with van der Waals surface area (Å²) in [6.07, 6.45) is -2.15. The van der Waals surface area contributed by atoms with E-state index in [0.717, 1.165) is 6.20 Å². The molecule has 2 aromatic rings. The molecule has 2 N–H and O–H groups in total. The Hall–Kier alpha value is -1.99. The number of benzene rings is 1. The van der Waals surface area contributed by atoms with Gasteiger partial charge in [-0.25, -0.2) is 12.8 Å². The normalized spacial score (nSPS) is 13.8. The fourth-order valence-corrected chi connectivity index (χ4v) is 3.41. The number of aromatic nitrogens is 1. The number of halogens is 5. The molecule has 0 spiro atoms. The lowest BCUT2D eigenvalue weighted by atomic mass is 10.1. The van der Waals surface area contributed by atoms with Crippen LogP contribution in [0.3, 0.4) is 0 Å². The van der Waals surface area contributed by atoms with E-state index in [4.69, 9.17) is 9.47 Å². The van der Waals surface area contributed by atoms with Gasteiger partial charge in [-0.05, 0) is 11.1 Å². The number of nitrogens with one attached hydrogen (secondary N) is 2. The van der Waals surface area contributed by atoms with Gasteiger partial charge in [0, 0.05) is 26.3 Å². The number of ether oxygens (including phenoxy) is 2. The summed E-state index contributed by atoms with van der Waals surface area (Å²) >= 11 is 0. The molecule has 1 heterocycles. The third-order valence-corrected chi connectivity index (χ3v) is 4.67. The fraction of sp³-hybridized carbons (Fsp3) is 0.421. The van der Waals surface area contributed by atoms with Gasteiger partial charge in [-0.2, -0.15) is 17.9 Å². The first-order valence-electron chi connectivity index (χ1n) is 9.07. The summed E-state index contributed by atoms with van der Waals surface area (Å²) in [4.78, 5) is 3.70. The molecule has 2 atom stereocenters. The molecule has 0 aliphatic rings. The number of pyridine rings is 1. The first kappa shape index (κ1) is 28.0. The number of nitrogens with zero attached hydrogens (tertiary/aromatic N) is 1. The molecule has 32 heavy (non-hydrogen) atoms. The molecule has 0 aliphatic heterocycles. The number of hydrogen-bond acceptors (Lipinski definition) is 6. The first-order valence-corrected chi connectivity index (χ1v) is 11.0. The van der Waals surface area contributed by atoms with Crippen LogP contribution >= 0.6 is 12.4 Å². The smallest absolute Gasteiger partial charge is 0.408 e. The van der Waals surface area contributed by atoms with E-state index in [9.17, 15) is 26.0 Å². The van der Waals surface area contributed by atoms with Crippen molar-refractivity contribution in [2.45, 2.75) is 24.9 Å². The van der Waals surface area contributed by atoms with Crippen molar-refractivity contribution in [2.75, 3.05) is 26.5 Å². The van der Waals surface area contributed by atoms with Gasteiger partial charge in [0.05, 0.1) is 25.3 Å². The van der Waals surface area contributed by atoms with Gasteiger partial charge in [0.15, 0.2) is 0 Å². The SMILES string of the molecule is COC[C@H](CNCc1ccc([C@H](NS(C)(=O)=O)C(F)(F)F)cc1)Oc1cncc(F)c1.Cl. The van der Waals surface area contributed by atoms with E-state index in [-0.39, 0.29) is 30.3 Å². The van der Waals surface area contributed by atoms with Crippen molar-refractivity contribution in [2.24, 2.45) is 0 Å². The first-order chi connectivity index (χ1) is 14.5. The number of methoxy groups -OCH3 is 1. The third kappa shape index (κ3) is 9.65. The molecule has 1 aromatic heterocycles. The standard InChI is InChI=1S/C19H23F4N3O4S.ClH/c1-29-12-17(30-16-7-15(20)9-25-10-16)11-24-8-13-3-5-14(6-4-13)18(19(21,22)23)26-31(2,27)28;/h3-7,9-10,17-18,24,26H,8,11-12H2,1-2H3;1H/t17-,18-;/m0./s1. The Kier molecular flexibility index (Phi) is 10.8. The molecule has 0 unspecified atom stereocenters. The van der Waals surface area contributed by atoms with Crippen LogP contribution < -0.4 is 14.8 Å². The summed E-state index contributed by atoms with van der Waals surface area (Å²) in [6, 6.07) is 4.23. The molecule has 0 bridgehead atoms. The van der Waals surface area contributed by atoms with Gasteiger partial charge in [0.1, 0.15) is 23.7 Å². The Bertz CT molecular complexity index is 946. The van der Waals surface area contributed by atoms with Crippen LogP contribution in [-0.2, 0) is 21.3 Å². The molecule has 0 radical (unpaired) electrons. The van der Waals surface area contributed by atoms with Gasteiger partial charge in [-0.3, -0.25) is 4.98 Å². The predicted molar refractivity (Wildman–Crippen MR) is 113 cm³/mol. The van der Waals surface area contributed by atoms with E-state index in [2.05, 4.69) is 10.3 Å². The molecule has 0 amide bonds. The highest BCUT2D eigenvalue weighted by molar-refractivity contribution is 7.88. The monoisotopic (exact) mass is 501 g/mol. The van der Waals surface area contributed by atoms with Crippen LogP contribution in [0, 0.1) is 5.82 Å². The molecule has 0 aliphatic carbocycles. The minimum absolute atomic E-state index is 0.